The molecule has 0 saturated carbocycles. The van der Waals surface area contributed by atoms with E-state index in [0.717, 1.165) is 45.1 Å². The first-order valence-corrected chi connectivity index (χ1v) is 16.3. The number of para-hydroxylation sites is 4. The van der Waals surface area contributed by atoms with E-state index in [4.69, 9.17) is 14.9 Å². The fourth-order valence-electron chi connectivity index (χ4n) is 7.16. The van der Waals surface area contributed by atoms with E-state index in [1.165, 1.54) is 21.5 Å². The van der Waals surface area contributed by atoms with Crippen molar-refractivity contribution in [3.63, 3.8) is 0 Å². The van der Waals surface area contributed by atoms with Crippen LogP contribution in [-0.4, -0.2) is 28.7 Å². The van der Waals surface area contributed by atoms with Crippen LogP contribution >= 0.6 is 0 Å². The first kappa shape index (κ1) is 27.3. The minimum absolute atomic E-state index is 0.710. The summed E-state index contributed by atoms with van der Waals surface area (Å²) in [7, 11) is 0. The standard InChI is InChI=1S/C42H28N6O/c1-5-19-37-33(15-1)34-16-2-6-20-38(34)45(37)41-23-25-43-47(41)29-11-9-13-31(27-29)49-32-14-10-12-30(28-32)48-42(24-26-44-48)46-39-21-7-3-17-35(39)36-18-4-8-22-40(36)46/h1-28H. The van der Waals surface area contributed by atoms with Gasteiger partial charge in [0.2, 0.25) is 0 Å². The summed E-state index contributed by atoms with van der Waals surface area (Å²) < 4.78 is 15.0. The molecule has 0 aliphatic heterocycles. The predicted octanol–water partition coefficient (Wildman–Crippen LogP) is 10.0. The SMILES string of the molecule is c1cc(Oc2cccc(-n3nccc3-n3c4ccccc4c4ccccc43)c2)cc(-n2nccc2-n2c3ccccc3c3ccccc32)c1. The van der Waals surface area contributed by atoms with Crippen molar-refractivity contribution in [1.29, 1.82) is 0 Å². The zero-order chi connectivity index (χ0) is 32.3. The fraction of sp³-hybridized carbons (Fsp3) is 0. The molecule has 0 bridgehead atoms. The molecule has 7 heteroatoms. The molecule has 0 radical (unpaired) electrons. The van der Waals surface area contributed by atoms with Crippen LogP contribution < -0.4 is 4.74 Å². The molecule has 0 aliphatic rings. The van der Waals surface area contributed by atoms with E-state index in [1.807, 2.05) is 58.2 Å². The summed E-state index contributed by atoms with van der Waals surface area (Å²) in [6.07, 6.45) is 3.68. The lowest BCUT2D eigenvalue weighted by molar-refractivity contribution is 0.481. The summed E-state index contributed by atoms with van der Waals surface area (Å²) in [6, 6.07) is 54.2. The van der Waals surface area contributed by atoms with Crippen LogP contribution in [0.4, 0.5) is 0 Å². The van der Waals surface area contributed by atoms with Crippen molar-refractivity contribution < 1.29 is 4.74 Å². The second kappa shape index (κ2) is 10.9. The largest absolute Gasteiger partial charge is 0.457 e. The maximum atomic E-state index is 6.50. The minimum atomic E-state index is 0.710. The molecule has 10 rings (SSSR count). The quantitative estimate of drug-likeness (QED) is 0.183. The van der Waals surface area contributed by atoms with E-state index < -0.39 is 0 Å². The lowest BCUT2D eigenvalue weighted by Gasteiger charge is -2.14. The van der Waals surface area contributed by atoms with Crippen LogP contribution in [0.25, 0.3) is 66.6 Å². The number of rotatable bonds is 6. The normalized spacial score (nSPS) is 11.7. The zero-order valence-corrected chi connectivity index (χ0v) is 26.3. The van der Waals surface area contributed by atoms with Gasteiger partial charge < -0.3 is 4.74 Å². The lowest BCUT2D eigenvalue weighted by Crippen LogP contribution is -2.06. The minimum Gasteiger partial charge on any atom is -0.457 e. The topological polar surface area (TPSA) is 54.7 Å². The molecule has 49 heavy (non-hydrogen) atoms. The van der Waals surface area contributed by atoms with Crippen LogP contribution in [0, 0.1) is 0 Å². The molecule has 0 atom stereocenters. The maximum Gasteiger partial charge on any atom is 0.141 e. The Morgan fingerprint density at radius 2 is 0.735 bits per heavy atom. The van der Waals surface area contributed by atoms with Gasteiger partial charge in [-0.3, -0.25) is 9.13 Å². The Kier molecular flexibility index (Phi) is 6.04. The van der Waals surface area contributed by atoms with Crippen LogP contribution in [0.15, 0.2) is 170 Å². The van der Waals surface area contributed by atoms with Gasteiger partial charge in [0, 0.05) is 45.8 Å². The fourth-order valence-corrected chi connectivity index (χ4v) is 7.16. The molecule has 0 aliphatic carbocycles. The second-order valence-corrected chi connectivity index (χ2v) is 12.0. The van der Waals surface area contributed by atoms with Crippen LogP contribution in [-0.2, 0) is 0 Å². The first-order chi connectivity index (χ1) is 24.3. The Bertz CT molecular complexity index is 2530. The van der Waals surface area contributed by atoms with E-state index in [0.29, 0.717) is 11.5 Å². The van der Waals surface area contributed by atoms with Gasteiger partial charge in [-0.05, 0) is 48.5 Å². The number of hydrogen-bond donors (Lipinski definition) is 0. The highest BCUT2D eigenvalue weighted by atomic mass is 16.5. The number of fused-ring (bicyclic) bond motifs is 6. The van der Waals surface area contributed by atoms with Crippen LogP contribution in [0.1, 0.15) is 0 Å². The summed E-state index contributed by atoms with van der Waals surface area (Å²) in [5.41, 5.74) is 6.33. The van der Waals surface area contributed by atoms with Gasteiger partial charge in [-0.2, -0.15) is 10.2 Å². The number of nitrogens with zero attached hydrogens (tertiary/aromatic N) is 6. The molecule has 0 spiro atoms. The van der Waals surface area contributed by atoms with Crippen LogP contribution in [0.5, 0.6) is 11.5 Å². The van der Waals surface area contributed by atoms with Crippen molar-refractivity contribution in [2.24, 2.45) is 0 Å². The molecule has 4 heterocycles. The third-order valence-corrected chi connectivity index (χ3v) is 9.22. The van der Waals surface area contributed by atoms with Gasteiger partial charge in [0.1, 0.15) is 23.1 Å². The van der Waals surface area contributed by atoms with Crippen molar-refractivity contribution in [1.82, 2.24) is 28.7 Å². The Morgan fingerprint density at radius 1 is 0.367 bits per heavy atom. The highest BCUT2D eigenvalue weighted by Gasteiger charge is 2.18. The maximum absolute atomic E-state index is 6.50. The van der Waals surface area contributed by atoms with Crippen LogP contribution in [0.3, 0.4) is 0 Å². The number of hydrogen-bond acceptors (Lipinski definition) is 3. The molecular formula is C42H28N6O. The molecule has 232 valence electrons. The third kappa shape index (κ3) is 4.29. The van der Waals surface area contributed by atoms with Gasteiger partial charge in [0.05, 0.1) is 45.8 Å². The highest BCUT2D eigenvalue weighted by Crippen LogP contribution is 2.35. The summed E-state index contributed by atoms with van der Waals surface area (Å²) in [6.45, 7) is 0. The van der Waals surface area contributed by atoms with Gasteiger partial charge in [-0.1, -0.05) is 84.9 Å². The third-order valence-electron chi connectivity index (χ3n) is 9.22. The molecular weight excluding hydrogens is 605 g/mol. The Balaban J connectivity index is 1.02. The molecule has 7 nitrogen and oxygen atoms in total. The highest BCUT2D eigenvalue weighted by molar-refractivity contribution is 6.10. The van der Waals surface area contributed by atoms with Gasteiger partial charge in [-0.15, -0.1) is 0 Å². The summed E-state index contributed by atoms with van der Waals surface area (Å²) in [5.74, 6) is 3.32. The van der Waals surface area contributed by atoms with Crippen LogP contribution in [0.2, 0.25) is 0 Å². The van der Waals surface area contributed by atoms with Gasteiger partial charge in [0.25, 0.3) is 0 Å². The monoisotopic (exact) mass is 632 g/mol. The van der Waals surface area contributed by atoms with E-state index >= 15 is 0 Å². The summed E-state index contributed by atoms with van der Waals surface area (Å²) in [5, 5.41) is 14.3. The zero-order valence-electron chi connectivity index (χ0n) is 26.3. The lowest BCUT2D eigenvalue weighted by atomic mass is 10.2. The summed E-state index contributed by atoms with van der Waals surface area (Å²) >= 11 is 0. The average Bonchev–Trinajstić information content (AvgIpc) is 3.95. The first-order valence-electron chi connectivity index (χ1n) is 16.3. The smallest absolute Gasteiger partial charge is 0.141 e. The van der Waals surface area contributed by atoms with E-state index in [1.54, 1.807) is 0 Å². The van der Waals surface area contributed by atoms with Crippen molar-refractivity contribution in [2.75, 3.05) is 0 Å². The molecule has 0 amide bonds. The Labute approximate surface area is 281 Å². The van der Waals surface area contributed by atoms with Gasteiger partial charge >= 0.3 is 0 Å². The average molecular weight is 633 g/mol. The molecule has 4 aromatic heterocycles. The molecule has 0 N–H and O–H groups in total. The van der Waals surface area contributed by atoms with E-state index in [2.05, 4.69) is 130 Å². The molecule has 0 unspecified atom stereocenters. The molecule has 0 saturated heterocycles. The van der Waals surface area contributed by atoms with Crippen molar-refractivity contribution in [2.45, 2.75) is 0 Å². The van der Waals surface area contributed by atoms with Crippen molar-refractivity contribution in [3.8, 4) is 34.5 Å². The van der Waals surface area contributed by atoms with E-state index in [-0.39, 0.29) is 0 Å². The summed E-state index contributed by atoms with van der Waals surface area (Å²) in [4.78, 5) is 0. The Morgan fingerprint density at radius 3 is 1.12 bits per heavy atom. The number of benzene rings is 6. The van der Waals surface area contributed by atoms with Crippen molar-refractivity contribution in [3.05, 3.63) is 170 Å². The van der Waals surface area contributed by atoms with Gasteiger partial charge in [-0.25, -0.2) is 9.36 Å². The number of aromatic nitrogens is 6. The van der Waals surface area contributed by atoms with Gasteiger partial charge in [0.15, 0.2) is 0 Å². The van der Waals surface area contributed by atoms with E-state index in [9.17, 15) is 0 Å². The molecule has 6 aromatic carbocycles. The molecule has 10 aromatic rings. The Hall–Kier alpha value is -6.86. The molecule has 0 fully saturated rings. The number of ether oxygens (including phenoxy) is 1. The van der Waals surface area contributed by atoms with Crippen molar-refractivity contribution >= 4 is 43.6 Å². The predicted molar refractivity (Wildman–Crippen MR) is 196 cm³/mol. The second-order valence-electron chi connectivity index (χ2n) is 12.0.